The van der Waals surface area contributed by atoms with Crippen LogP contribution in [0.5, 0.6) is 0 Å². The molecule has 4 aromatic carbocycles. The molecule has 22 heteroatoms. The van der Waals surface area contributed by atoms with E-state index in [0.717, 1.165) is 16.9 Å². The number of carboxylic acids is 2. The van der Waals surface area contributed by atoms with Crippen molar-refractivity contribution in [2.45, 2.75) is 58.6 Å². The maximum Gasteiger partial charge on any atom is 0.398 e. The van der Waals surface area contributed by atoms with E-state index in [1.807, 2.05) is 0 Å². The molecule has 0 bridgehead atoms. The third kappa shape index (κ3) is 18.2. The summed E-state index contributed by atoms with van der Waals surface area (Å²) in [5.41, 5.74) is 6.20. The van der Waals surface area contributed by atoms with Gasteiger partial charge in [0.05, 0.1) is 13.1 Å². The Bertz CT molecular complexity index is 2350. The molecule has 0 saturated heterocycles. The summed E-state index contributed by atoms with van der Waals surface area (Å²) in [5, 5.41) is 40.3. The van der Waals surface area contributed by atoms with E-state index in [0.29, 0.717) is 37.9 Å². The number of aliphatic hydroxyl groups excluding tert-OH is 2. The monoisotopic (exact) mass is 948 g/mol. The summed E-state index contributed by atoms with van der Waals surface area (Å²) >= 11 is 11.8. The number of hydrogen-bond donors (Lipinski definition) is 6. The second kappa shape index (κ2) is 24.5. The molecule has 0 fully saturated rings. The Balaban J connectivity index is 0.000000345. The zero-order valence-corrected chi connectivity index (χ0v) is 36.6. The Morgan fingerprint density at radius 2 is 1.09 bits per heavy atom. The van der Waals surface area contributed by atoms with Crippen LogP contribution in [0.3, 0.4) is 0 Å². The van der Waals surface area contributed by atoms with Gasteiger partial charge in [-0.3, -0.25) is 25.2 Å². The van der Waals surface area contributed by atoms with Crippen LogP contribution in [-0.4, -0.2) is 110 Å². The van der Waals surface area contributed by atoms with Crippen LogP contribution >= 0.6 is 23.2 Å². The van der Waals surface area contributed by atoms with E-state index >= 15 is 0 Å². The molecule has 18 nitrogen and oxygen atoms in total. The number of nitrogens with zero attached hydrogens (tertiary/aromatic N) is 2. The normalized spacial score (nSPS) is 11.9. The first-order valence-corrected chi connectivity index (χ1v) is 19.7. The lowest BCUT2D eigenvalue weighted by molar-refractivity contribution is -0.173. The number of aliphatic carboxylic acids is 2. The van der Waals surface area contributed by atoms with E-state index in [2.05, 4.69) is 20.3 Å². The average Bonchev–Trinajstić information content (AvgIpc) is 3.22. The molecule has 0 aromatic heterocycles. The molecule has 0 saturated carbocycles. The predicted octanol–water partition coefficient (Wildman–Crippen LogP) is 4.26. The number of carbonyl (C=O) groups is 7. The minimum Gasteiger partial charge on any atom is -0.479 e. The van der Waals surface area contributed by atoms with Crippen LogP contribution < -0.4 is 10.9 Å². The number of rotatable bonds is 16. The molecule has 0 unspecified atom stereocenters. The van der Waals surface area contributed by atoms with Gasteiger partial charge in [-0.25, -0.2) is 38.0 Å². The molecule has 0 aliphatic carbocycles. The van der Waals surface area contributed by atoms with Gasteiger partial charge in [0.25, 0.3) is 0 Å². The summed E-state index contributed by atoms with van der Waals surface area (Å²) in [6, 6.07) is 21.2. The van der Waals surface area contributed by atoms with Gasteiger partial charge in [0, 0.05) is 41.2 Å². The highest BCUT2D eigenvalue weighted by atomic mass is 35.5. The molecule has 4 aromatic rings. The van der Waals surface area contributed by atoms with Crippen molar-refractivity contribution < 1.29 is 77.0 Å². The van der Waals surface area contributed by atoms with Gasteiger partial charge in [0.1, 0.15) is 17.2 Å². The van der Waals surface area contributed by atoms with Gasteiger partial charge < -0.3 is 34.6 Å². The van der Waals surface area contributed by atoms with Gasteiger partial charge in [-0.1, -0.05) is 71.7 Å². The first kappa shape index (κ1) is 52.8. The molecule has 0 heterocycles. The molecule has 6 N–H and O–H groups in total. The average molecular weight is 950 g/mol. The quantitative estimate of drug-likeness (QED) is 0.0397. The Hall–Kier alpha value is -6.55. The minimum absolute atomic E-state index is 0.0445. The van der Waals surface area contributed by atoms with Crippen LogP contribution in [0.25, 0.3) is 22.3 Å². The first-order chi connectivity index (χ1) is 30.4. The van der Waals surface area contributed by atoms with Crippen LogP contribution in [-0.2, 0) is 60.9 Å². The van der Waals surface area contributed by atoms with E-state index in [1.54, 1.807) is 69.3 Å². The smallest absolute Gasteiger partial charge is 0.398 e. The van der Waals surface area contributed by atoms with E-state index in [1.165, 1.54) is 36.4 Å². The number of halogens is 4. The van der Waals surface area contributed by atoms with Gasteiger partial charge >= 0.3 is 41.7 Å². The highest BCUT2D eigenvalue weighted by Gasteiger charge is 2.27. The van der Waals surface area contributed by atoms with Crippen molar-refractivity contribution in [2.75, 3.05) is 19.9 Å². The maximum atomic E-state index is 14.1. The van der Waals surface area contributed by atoms with Crippen LogP contribution in [0.15, 0.2) is 84.9 Å². The summed E-state index contributed by atoms with van der Waals surface area (Å²) in [7, 11) is 0. The van der Waals surface area contributed by atoms with Crippen molar-refractivity contribution in [1.29, 1.82) is 0 Å². The Morgan fingerprint density at radius 1 is 0.662 bits per heavy atom. The zero-order valence-electron chi connectivity index (χ0n) is 35.1. The molecule has 348 valence electrons. The van der Waals surface area contributed by atoms with Crippen LogP contribution in [0.1, 0.15) is 38.8 Å². The zero-order chi connectivity index (χ0) is 48.6. The number of ether oxygens (including phenoxy) is 3. The molecular formula is C43H44Cl2F2N4O14. The van der Waals surface area contributed by atoms with E-state index in [-0.39, 0.29) is 18.7 Å². The highest BCUT2D eigenvalue weighted by Crippen LogP contribution is 2.28. The molecule has 4 rings (SSSR count). The molecule has 65 heavy (non-hydrogen) atoms. The molecule has 0 aliphatic heterocycles. The second-order valence-corrected chi connectivity index (χ2v) is 15.6. The number of carboxylic acid groups (broad SMARTS) is 2. The number of benzene rings is 4. The van der Waals surface area contributed by atoms with Crippen molar-refractivity contribution in [3.8, 4) is 22.3 Å². The van der Waals surface area contributed by atoms with Crippen molar-refractivity contribution in [2.24, 2.45) is 0 Å². The number of carbonyl (C=O) groups excluding carboxylic acids is 5. The third-order valence-corrected chi connectivity index (χ3v) is 8.71. The Kier molecular flexibility index (Phi) is 19.9. The SMILES string of the molecule is CC(=O)OCOC(=O)[C@H](O)CN(Cc1ccc(-c2cc(Cl)ccc2F)cc1)NC(=O)C(=O)O.CC(C)(C)OC(=O)C(=O)NN(Cc1ccc(-c2cc(Cl)ccc2F)cc1)C[C@@H](O)C(=O)O. The van der Waals surface area contributed by atoms with Crippen LogP contribution in [0.4, 0.5) is 8.78 Å². The van der Waals surface area contributed by atoms with Gasteiger partial charge in [0.2, 0.25) is 6.79 Å². The predicted molar refractivity (Wildman–Crippen MR) is 227 cm³/mol. The fraction of sp³-hybridized carbons (Fsp3) is 0.279. The Morgan fingerprint density at radius 3 is 1.49 bits per heavy atom. The number of nitrogens with one attached hydrogen (secondary N) is 2. The summed E-state index contributed by atoms with van der Waals surface area (Å²) < 4.78 is 42.1. The summed E-state index contributed by atoms with van der Waals surface area (Å²) in [6.07, 6.45) is -3.61. The summed E-state index contributed by atoms with van der Waals surface area (Å²) in [5.74, 6) is -9.71. The fourth-order valence-corrected chi connectivity index (χ4v) is 5.64. The molecule has 2 atom stereocenters. The van der Waals surface area contributed by atoms with Crippen molar-refractivity contribution in [3.63, 3.8) is 0 Å². The molecule has 0 aliphatic rings. The van der Waals surface area contributed by atoms with Gasteiger partial charge in [-0.05, 0) is 79.4 Å². The summed E-state index contributed by atoms with van der Waals surface area (Å²) in [4.78, 5) is 80.1. The Labute approximate surface area is 380 Å². The van der Waals surface area contributed by atoms with E-state index in [9.17, 15) is 52.6 Å². The van der Waals surface area contributed by atoms with Crippen molar-refractivity contribution in [1.82, 2.24) is 20.9 Å². The molecular weight excluding hydrogens is 905 g/mol. The van der Waals surface area contributed by atoms with E-state index in [4.69, 9.17) is 38.2 Å². The molecule has 0 radical (unpaired) electrons. The van der Waals surface area contributed by atoms with Gasteiger partial charge in [0.15, 0.2) is 12.2 Å². The fourth-order valence-electron chi connectivity index (χ4n) is 5.30. The maximum absolute atomic E-state index is 14.1. The molecule has 2 amide bonds. The van der Waals surface area contributed by atoms with Gasteiger partial charge in [-0.2, -0.15) is 0 Å². The third-order valence-electron chi connectivity index (χ3n) is 8.24. The number of amides is 2. The molecule has 0 spiro atoms. The van der Waals surface area contributed by atoms with Gasteiger partial charge in [-0.15, -0.1) is 0 Å². The highest BCUT2D eigenvalue weighted by molar-refractivity contribution is 6.32. The topological polar surface area (TPSA) is 259 Å². The minimum atomic E-state index is -1.81. The van der Waals surface area contributed by atoms with Crippen molar-refractivity contribution in [3.05, 3.63) is 118 Å². The number of aliphatic hydroxyl groups is 2. The second-order valence-electron chi connectivity index (χ2n) is 14.7. The van der Waals surface area contributed by atoms with Crippen molar-refractivity contribution >= 4 is 64.9 Å². The first-order valence-electron chi connectivity index (χ1n) is 19.0. The largest absolute Gasteiger partial charge is 0.479 e. The lowest BCUT2D eigenvalue weighted by Gasteiger charge is -2.25. The van der Waals surface area contributed by atoms with E-state index < -0.39 is 91.0 Å². The van der Waals surface area contributed by atoms with Crippen LogP contribution in [0, 0.1) is 11.6 Å². The summed E-state index contributed by atoms with van der Waals surface area (Å²) in [6.45, 7) is 3.96. The number of esters is 3. The standard InChI is InChI=1S/C22H24ClFN2O6.C21H20ClFN2O8/c1-22(2,3)32-21(31)19(28)25-26(12-18(27)20(29)30)11-13-4-6-14(7-5-13)16-10-15(23)8-9-17(16)24;1-12(26)32-11-33-21(31)18(27)10-25(24-19(28)20(29)30)9-13-2-4-14(5-3-13)16-8-15(22)6-7-17(16)23/h4-10,18,27H,11-12H2,1-3H3,(H,25,28)(H,29,30);2-8,18,27H,9-11H2,1H3,(H,24,28)(H,29,30)/t2*18-/m11/s1. The number of hydrogen-bond acceptors (Lipinski definition) is 14. The van der Waals surface area contributed by atoms with Crippen LogP contribution in [0.2, 0.25) is 10.0 Å². The lowest BCUT2D eigenvalue weighted by Crippen LogP contribution is -2.50. The lowest BCUT2D eigenvalue weighted by atomic mass is 10.0. The number of hydrazine groups is 2.